The quantitative estimate of drug-likeness (QED) is 0.574. The Morgan fingerprint density at radius 3 is 2.14 bits per heavy atom. The molecule has 0 heterocycles. The summed E-state index contributed by atoms with van der Waals surface area (Å²) < 4.78 is -0.967. The van der Waals surface area contributed by atoms with Crippen LogP contribution in [0.15, 0.2) is 24.3 Å². The lowest BCUT2D eigenvalue weighted by Crippen LogP contribution is -2.25. The molecule has 0 unspecified atom stereocenters. The number of benzene rings is 1. The van der Waals surface area contributed by atoms with Gasteiger partial charge in [0.1, 0.15) is 5.75 Å². The van der Waals surface area contributed by atoms with Crippen LogP contribution in [0.5, 0.6) is 5.75 Å². The van der Waals surface area contributed by atoms with Crippen LogP contribution in [-0.4, -0.2) is 13.2 Å². The molecule has 0 saturated heterocycles. The molecule has 1 aromatic rings. The summed E-state index contributed by atoms with van der Waals surface area (Å²) in [4.78, 5) is 11.4. The van der Waals surface area contributed by atoms with Crippen molar-refractivity contribution in [3.63, 3.8) is 0 Å². The highest BCUT2D eigenvalue weighted by atomic mass is 80.0. The Balaban J connectivity index is 2.71. The first-order chi connectivity index (χ1) is 6.39. The molecule has 0 spiro atoms. The molecule has 0 aliphatic rings. The first-order valence-corrected chi connectivity index (χ1v) is 5.95. The minimum absolute atomic E-state index is 0.158. The fourth-order valence-electron chi connectivity index (χ4n) is 0.747. The zero-order chi connectivity index (χ0) is 10.8. The second kappa shape index (κ2) is 4.63. The van der Waals surface area contributed by atoms with Gasteiger partial charge in [0.05, 0.1) is 0 Å². The lowest BCUT2D eigenvalue weighted by molar-refractivity contribution is -0.114. The summed E-state index contributed by atoms with van der Waals surface area (Å²) >= 11 is 9.26. The summed E-state index contributed by atoms with van der Waals surface area (Å²) in [6.07, 6.45) is 0. The largest absolute Gasteiger partial charge is 0.508 e. The van der Waals surface area contributed by atoms with Gasteiger partial charge in [-0.3, -0.25) is 4.79 Å². The van der Waals surface area contributed by atoms with E-state index in [2.05, 4.69) is 53.1 Å². The zero-order valence-electron chi connectivity index (χ0n) is 6.80. The minimum Gasteiger partial charge on any atom is -0.508 e. The molecule has 0 saturated carbocycles. The molecule has 76 valence electrons. The molecule has 1 aromatic carbocycles. The highest BCUT2D eigenvalue weighted by Gasteiger charge is 2.28. The predicted molar refractivity (Wildman–Crippen MR) is 66.2 cm³/mol. The van der Waals surface area contributed by atoms with Crippen LogP contribution in [-0.2, 0) is 4.79 Å². The van der Waals surface area contributed by atoms with Gasteiger partial charge in [0, 0.05) is 5.69 Å². The third-order valence-corrected chi connectivity index (χ3v) is 2.46. The van der Waals surface area contributed by atoms with E-state index in [0.717, 1.165) is 0 Å². The van der Waals surface area contributed by atoms with Crippen molar-refractivity contribution in [2.75, 3.05) is 5.32 Å². The van der Waals surface area contributed by atoms with Gasteiger partial charge >= 0.3 is 0 Å². The average molecular weight is 388 g/mol. The zero-order valence-corrected chi connectivity index (χ0v) is 11.6. The van der Waals surface area contributed by atoms with Gasteiger partial charge in [-0.15, -0.1) is 0 Å². The molecule has 6 heteroatoms. The Hall–Kier alpha value is -0.0700. The van der Waals surface area contributed by atoms with Gasteiger partial charge in [0.25, 0.3) is 5.91 Å². The van der Waals surface area contributed by atoms with E-state index in [1.165, 1.54) is 12.1 Å². The number of amides is 1. The standard InChI is InChI=1S/C8H6Br3NO2/c9-8(10,11)7(14)12-5-1-3-6(13)4-2-5/h1-4,13H,(H,12,14). The van der Waals surface area contributed by atoms with Gasteiger partial charge in [0.15, 0.2) is 0 Å². The Morgan fingerprint density at radius 1 is 1.21 bits per heavy atom. The summed E-state index contributed by atoms with van der Waals surface area (Å²) in [5.41, 5.74) is 0.607. The number of anilines is 1. The fraction of sp³-hybridized carbons (Fsp3) is 0.125. The van der Waals surface area contributed by atoms with E-state index in [4.69, 9.17) is 5.11 Å². The second-order valence-electron chi connectivity index (χ2n) is 2.50. The van der Waals surface area contributed by atoms with Crippen molar-refractivity contribution in [3.8, 4) is 5.75 Å². The van der Waals surface area contributed by atoms with Crippen LogP contribution in [0.1, 0.15) is 0 Å². The van der Waals surface area contributed by atoms with E-state index in [0.29, 0.717) is 5.69 Å². The van der Waals surface area contributed by atoms with Crippen molar-refractivity contribution in [2.45, 2.75) is 2.14 Å². The third kappa shape index (κ3) is 3.59. The highest BCUT2D eigenvalue weighted by molar-refractivity contribution is 9.40. The highest BCUT2D eigenvalue weighted by Crippen LogP contribution is 2.34. The maximum atomic E-state index is 11.4. The summed E-state index contributed by atoms with van der Waals surface area (Å²) in [5.74, 6) is -0.131. The average Bonchev–Trinajstić information content (AvgIpc) is 2.07. The molecule has 3 nitrogen and oxygen atoms in total. The first-order valence-electron chi connectivity index (χ1n) is 3.57. The first kappa shape index (κ1) is 12.0. The predicted octanol–water partition coefficient (Wildman–Crippen LogP) is 3.17. The normalized spacial score (nSPS) is 11.1. The summed E-state index contributed by atoms with van der Waals surface area (Å²) in [6.45, 7) is 0. The second-order valence-corrected chi connectivity index (χ2v) is 9.26. The van der Waals surface area contributed by atoms with E-state index in [1.807, 2.05) is 0 Å². The van der Waals surface area contributed by atoms with Crippen LogP contribution in [0.25, 0.3) is 0 Å². The number of carbonyl (C=O) groups excluding carboxylic acids is 1. The maximum Gasteiger partial charge on any atom is 0.263 e. The molecular formula is C8H6Br3NO2. The molecule has 0 atom stereocenters. The van der Waals surface area contributed by atoms with Crippen LogP contribution < -0.4 is 5.32 Å². The molecule has 0 aliphatic heterocycles. The van der Waals surface area contributed by atoms with Crippen molar-refractivity contribution in [1.29, 1.82) is 0 Å². The van der Waals surface area contributed by atoms with E-state index in [-0.39, 0.29) is 11.7 Å². The fourth-order valence-corrected chi connectivity index (χ4v) is 1.04. The lowest BCUT2D eigenvalue weighted by Gasteiger charge is -2.12. The summed E-state index contributed by atoms with van der Waals surface area (Å²) in [6, 6.07) is 6.19. The number of halogens is 3. The van der Waals surface area contributed by atoms with Gasteiger partial charge in [-0.25, -0.2) is 0 Å². The maximum absolute atomic E-state index is 11.4. The van der Waals surface area contributed by atoms with Crippen LogP contribution in [0.4, 0.5) is 5.69 Å². The molecular weight excluding hydrogens is 382 g/mol. The van der Waals surface area contributed by atoms with Crippen LogP contribution in [0.3, 0.4) is 0 Å². The summed E-state index contributed by atoms with van der Waals surface area (Å²) in [5, 5.41) is 11.6. The van der Waals surface area contributed by atoms with Gasteiger partial charge in [-0.05, 0) is 72.1 Å². The SMILES string of the molecule is O=C(Nc1ccc(O)cc1)C(Br)(Br)Br. The number of phenolic OH excluding ortho intramolecular Hbond substituents is 1. The molecule has 14 heavy (non-hydrogen) atoms. The molecule has 0 bridgehead atoms. The van der Waals surface area contributed by atoms with Crippen LogP contribution in [0.2, 0.25) is 0 Å². The number of nitrogens with one attached hydrogen (secondary N) is 1. The van der Waals surface area contributed by atoms with Crippen molar-refractivity contribution in [3.05, 3.63) is 24.3 Å². The number of hydrogen-bond acceptors (Lipinski definition) is 2. The molecule has 0 radical (unpaired) electrons. The monoisotopic (exact) mass is 385 g/mol. The molecule has 0 aromatic heterocycles. The number of alkyl halides is 3. The van der Waals surface area contributed by atoms with Crippen molar-refractivity contribution < 1.29 is 9.90 Å². The van der Waals surface area contributed by atoms with Gasteiger partial charge < -0.3 is 10.4 Å². The number of rotatable bonds is 1. The number of phenols is 1. The summed E-state index contributed by atoms with van der Waals surface area (Å²) in [7, 11) is 0. The van der Waals surface area contributed by atoms with E-state index >= 15 is 0 Å². The number of carbonyl (C=O) groups is 1. The molecule has 1 rings (SSSR count). The molecule has 1 amide bonds. The van der Waals surface area contributed by atoms with Crippen LogP contribution in [0, 0.1) is 0 Å². The molecule has 2 N–H and O–H groups in total. The van der Waals surface area contributed by atoms with Crippen molar-refractivity contribution in [1.82, 2.24) is 0 Å². The third-order valence-electron chi connectivity index (χ3n) is 1.38. The number of hydrogen-bond donors (Lipinski definition) is 2. The minimum atomic E-state index is -0.967. The molecule has 0 fully saturated rings. The Morgan fingerprint density at radius 2 is 1.71 bits per heavy atom. The molecule has 0 aliphatic carbocycles. The lowest BCUT2D eigenvalue weighted by atomic mass is 10.3. The van der Waals surface area contributed by atoms with Crippen molar-refractivity contribution in [2.24, 2.45) is 0 Å². The van der Waals surface area contributed by atoms with E-state index in [1.54, 1.807) is 12.1 Å². The Kier molecular flexibility index (Phi) is 3.97. The Labute approximate surface area is 106 Å². The number of aromatic hydroxyl groups is 1. The van der Waals surface area contributed by atoms with Gasteiger partial charge in [-0.1, -0.05) is 0 Å². The van der Waals surface area contributed by atoms with E-state index in [9.17, 15) is 4.79 Å². The van der Waals surface area contributed by atoms with Gasteiger partial charge in [-0.2, -0.15) is 0 Å². The van der Waals surface area contributed by atoms with Crippen LogP contribution >= 0.6 is 47.8 Å². The smallest absolute Gasteiger partial charge is 0.263 e. The Bertz CT molecular complexity index is 331. The van der Waals surface area contributed by atoms with E-state index < -0.39 is 2.14 Å². The topological polar surface area (TPSA) is 49.3 Å². The van der Waals surface area contributed by atoms with Crippen molar-refractivity contribution >= 4 is 59.4 Å². The van der Waals surface area contributed by atoms with Gasteiger partial charge in [0.2, 0.25) is 2.14 Å².